The molecule has 0 saturated heterocycles. The van der Waals surface area contributed by atoms with Crippen LogP contribution < -0.4 is 15.2 Å². The molecule has 9 nitrogen and oxygen atoms in total. The molecule has 0 saturated carbocycles. The molecule has 0 aliphatic rings. The molecule has 110 valence electrons. The van der Waals surface area contributed by atoms with Crippen LogP contribution in [0.5, 0.6) is 17.8 Å². The number of para-hydroxylation sites is 1. The number of benzene rings is 1. The van der Waals surface area contributed by atoms with Crippen LogP contribution in [0.2, 0.25) is 0 Å². The molecule has 0 unspecified atom stereocenters. The Kier molecular flexibility index (Phi) is 4.48. The molecular formula is C11H10BrN5O4. The maximum absolute atomic E-state index is 11.0. The second-order valence-electron chi connectivity index (χ2n) is 3.64. The van der Waals surface area contributed by atoms with Gasteiger partial charge in [0.1, 0.15) is 0 Å². The molecule has 2 aromatic rings. The Bertz CT molecular complexity index is 682. The summed E-state index contributed by atoms with van der Waals surface area (Å²) in [4.78, 5) is 21.8. The summed E-state index contributed by atoms with van der Waals surface area (Å²) < 4.78 is 10.8. The monoisotopic (exact) mass is 355 g/mol. The minimum atomic E-state index is -0.575. The Morgan fingerprint density at radius 1 is 1.33 bits per heavy atom. The van der Waals surface area contributed by atoms with E-state index in [1.165, 1.54) is 12.1 Å². The van der Waals surface area contributed by atoms with Gasteiger partial charge in [0, 0.05) is 6.07 Å². The zero-order valence-electron chi connectivity index (χ0n) is 10.8. The molecule has 0 bridgehead atoms. The molecule has 0 atom stereocenters. The summed E-state index contributed by atoms with van der Waals surface area (Å²) in [6, 6.07) is 4.20. The van der Waals surface area contributed by atoms with E-state index in [-0.39, 0.29) is 29.4 Å². The third kappa shape index (κ3) is 3.54. The van der Waals surface area contributed by atoms with Crippen LogP contribution in [-0.4, -0.2) is 26.5 Å². The van der Waals surface area contributed by atoms with Crippen molar-refractivity contribution in [2.75, 3.05) is 12.3 Å². The van der Waals surface area contributed by atoms with Crippen molar-refractivity contribution in [3.8, 4) is 17.8 Å². The van der Waals surface area contributed by atoms with Gasteiger partial charge in [-0.15, -0.1) is 4.98 Å². The predicted octanol–water partition coefficient (Wildman–Crippen LogP) is 2.32. The van der Waals surface area contributed by atoms with Crippen LogP contribution in [0.1, 0.15) is 6.92 Å². The average Bonchev–Trinajstić information content (AvgIpc) is 2.40. The number of nitrogens with two attached hydrogens (primary N) is 1. The Morgan fingerprint density at radius 3 is 2.71 bits per heavy atom. The maximum atomic E-state index is 11.0. The molecular weight excluding hydrogens is 346 g/mol. The van der Waals surface area contributed by atoms with E-state index < -0.39 is 4.92 Å². The van der Waals surface area contributed by atoms with E-state index >= 15 is 0 Å². The van der Waals surface area contributed by atoms with E-state index in [1.54, 1.807) is 13.0 Å². The summed E-state index contributed by atoms with van der Waals surface area (Å²) in [7, 11) is 0. The van der Waals surface area contributed by atoms with Crippen LogP contribution in [0.15, 0.2) is 22.7 Å². The largest absolute Gasteiger partial charge is 0.464 e. The first kappa shape index (κ1) is 14.9. The van der Waals surface area contributed by atoms with E-state index in [1.807, 2.05) is 0 Å². The highest BCUT2D eigenvalue weighted by Gasteiger charge is 2.20. The number of nitrogen functional groups attached to an aromatic ring is 1. The molecule has 2 rings (SSSR count). The van der Waals surface area contributed by atoms with Gasteiger partial charge in [0.05, 0.1) is 16.0 Å². The highest BCUT2D eigenvalue weighted by molar-refractivity contribution is 9.10. The molecule has 0 radical (unpaired) electrons. The molecule has 0 amide bonds. The lowest BCUT2D eigenvalue weighted by molar-refractivity contribution is -0.385. The van der Waals surface area contributed by atoms with Crippen LogP contribution in [0.3, 0.4) is 0 Å². The molecule has 2 N–H and O–H groups in total. The van der Waals surface area contributed by atoms with Crippen molar-refractivity contribution in [3.05, 3.63) is 32.8 Å². The van der Waals surface area contributed by atoms with Crippen molar-refractivity contribution in [3.63, 3.8) is 0 Å². The lowest BCUT2D eigenvalue weighted by atomic mass is 10.3. The van der Waals surface area contributed by atoms with Crippen molar-refractivity contribution < 1.29 is 14.4 Å². The third-order valence-electron chi connectivity index (χ3n) is 2.22. The fraction of sp³-hybridized carbons (Fsp3) is 0.182. The number of nitrogens with zero attached hydrogens (tertiary/aromatic N) is 4. The Labute approximate surface area is 127 Å². The normalized spacial score (nSPS) is 10.2. The van der Waals surface area contributed by atoms with Crippen molar-refractivity contribution in [2.24, 2.45) is 0 Å². The minimum Gasteiger partial charge on any atom is -0.464 e. The molecule has 1 aromatic carbocycles. The summed E-state index contributed by atoms with van der Waals surface area (Å²) in [6.45, 7) is 2.08. The lowest BCUT2D eigenvalue weighted by Gasteiger charge is -2.08. The molecule has 0 spiro atoms. The molecule has 0 fully saturated rings. The van der Waals surface area contributed by atoms with Gasteiger partial charge in [0.2, 0.25) is 11.7 Å². The molecule has 10 heteroatoms. The SMILES string of the molecule is CCOc1nc(N)nc(Oc2c(Br)cccc2[N+](=O)[O-])n1. The summed E-state index contributed by atoms with van der Waals surface area (Å²) >= 11 is 3.18. The van der Waals surface area contributed by atoms with Crippen LogP contribution in [0, 0.1) is 10.1 Å². The fourth-order valence-electron chi connectivity index (χ4n) is 1.43. The van der Waals surface area contributed by atoms with E-state index in [0.29, 0.717) is 11.1 Å². The summed E-state index contributed by atoms with van der Waals surface area (Å²) in [6.07, 6.45) is 0. The second kappa shape index (κ2) is 6.31. The van der Waals surface area contributed by atoms with Gasteiger partial charge < -0.3 is 15.2 Å². The average molecular weight is 356 g/mol. The van der Waals surface area contributed by atoms with Crippen LogP contribution in [-0.2, 0) is 0 Å². The predicted molar refractivity (Wildman–Crippen MR) is 76.3 cm³/mol. The Hall–Kier alpha value is -2.49. The van der Waals surface area contributed by atoms with Crippen LogP contribution >= 0.6 is 15.9 Å². The lowest BCUT2D eigenvalue weighted by Crippen LogP contribution is -2.05. The highest BCUT2D eigenvalue weighted by atomic mass is 79.9. The zero-order valence-corrected chi connectivity index (χ0v) is 12.4. The number of nitro benzene ring substituents is 1. The van der Waals surface area contributed by atoms with Gasteiger partial charge in [-0.2, -0.15) is 9.97 Å². The quantitative estimate of drug-likeness (QED) is 0.639. The second-order valence-corrected chi connectivity index (χ2v) is 4.49. The van der Waals surface area contributed by atoms with Gasteiger partial charge in [0.25, 0.3) is 0 Å². The molecule has 1 heterocycles. The van der Waals surface area contributed by atoms with Gasteiger partial charge in [-0.1, -0.05) is 6.07 Å². The summed E-state index contributed by atoms with van der Waals surface area (Å²) in [5.74, 6) is -0.145. The van der Waals surface area contributed by atoms with E-state index in [2.05, 4.69) is 30.9 Å². The number of halogens is 1. The maximum Gasteiger partial charge on any atom is 0.330 e. The van der Waals surface area contributed by atoms with E-state index in [9.17, 15) is 10.1 Å². The highest BCUT2D eigenvalue weighted by Crippen LogP contribution is 2.37. The van der Waals surface area contributed by atoms with Crippen molar-refractivity contribution in [1.29, 1.82) is 0 Å². The van der Waals surface area contributed by atoms with Gasteiger partial charge >= 0.3 is 17.7 Å². The smallest absolute Gasteiger partial charge is 0.330 e. The molecule has 21 heavy (non-hydrogen) atoms. The van der Waals surface area contributed by atoms with Crippen molar-refractivity contribution in [2.45, 2.75) is 6.92 Å². The van der Waals surface area contributed by atoms with Gasteiger partial charge in [-0.3, -0.25) is 10.1 Å². The van der Waals surface area contributed by atoms with Gasteiger partial charge in [0.15, 0.2) is 0 Å². The van der Waals surface area contributed by atoms with Crippen molar-refractivity contribution >= 4 is 27.6 Å². The van der Waals surface area contributed by atoms with Crippen LogP contribution in [0.25, 0.3) is 0 Å². The summed E-state index contributed by atoms with van der Waals surface area (Å²) in [5.41, 5.74) is 5.28. The number of hydrogen-bond acceptors (Lipinski definition) is 8. The standard InChI is InChI=1S/C11H10BrN5O4/c1-2-20-10-14-9(13)15-11(16-10)21-8-6(12)4-3-5-7(8)17(18)19/h3-5H,2H2,1H3,(H2,13,14,15,16). The van der Waals surface area contributed by atoms with E-state index in [0.717, 1.165) is 0 Å². The number of ether oxygens (including phenoxy) is 2. The number of hydrogen-bond donors (Lipinski definition) is 1. The number of nitro groups is 1. The van der Waals surface area contributed by atoms with Crippen LogP contribution in [0.4, 0.5) is 11.6 Å². The Balaban J connectivity index is 2.40. The minimum absolute atomic E-state index is 0.0188. The molecule has 0 aliphatic carbocycles. The van der Waals surface area contributed by atoms with E-state index in [4.69, 9.17) is 15.2 Å². The molecule has 1 aromatic heterocycles. The third-order valence-corrected chi connectivity index (χ3v) is 2.85. The zero-order chi connectivity index (χ0) is 15.4. The number of anilines is 1. The van der Waals surface area contributed by atoms with Crippen molar-refractivity contribution in [1.82, 2.24) is 15.0 Å². The first-order valence-electron chi connectivity index (χ1n) is 5.76. The topological polar surface area (TPSA) is 126 Å². The number of rotatable bonds is 5. The Morgan fingerprint density at radius 2 is 2.05 bits per heavy atom. The number of aromatic nitrogens is 3. The molecule has 0 aliphatic heterocycles. The van der Waals surface area contributed by atoms with Gasteiger partial charge in [-0.25, -0.2) is 0 Å². The fourth-order valence-corrected chi connectivity index (χ4v) is 1.86. The van der Waals surface area contributed by atoms with Gasteiger partial charge in [-0.05, 0) is 28.9 Å². The first-order chi connectivity index (χ1) is 10.0. The first-order valence-corrected chi connectivity index (χ1v) is 6.55. The summed E-state index contributed by atoms with van der Waals surface area (Å²) in [5, 5.41) is 11.0.